The van der Waals surface area contributed by atoms with E-state index in [1.54, 1.807) is 31.5 Å². The number of ether oxygens (including phenoxy) is 3. The zero-order valence-corrected chi connectivity index (χ0v) is 24.8. The standard InChI is InChI=1S/C32H32FN7O4/c1-19-12-25(29(43-4)17-27(19)44-21-7-10-40-11-8-34-30(40)14-21)37-31-22-15-26(28(42-3)16-24(22)35-18-36-31)38-32(41)23(33)13-20-6-5-9-39(20)2/h7-8,10-18,20H,5-6,9H2,1-4H3,(H,38,41)(H,35,36,37)/b23-13+/t20-/m1/s1. The molecule has 2 aromatic carbocycles. The first-order chi connectivity index (χ1) is 21.3. The van der Waals surface area contributed by atoms with E-state index in [0.717, 1.165) is 30.6 Å². The molecule has 3 aromatic heterocycles. The first kappa shape index (κ1) is 28.9. The number of aromatic nitrogens is 4. The minimum atomic E-state index is -0.853. The molecule has 0 aliphatic carbocycles. The van der Waals surface area contributed by atoms with Crippen LogP contribution < -0.4 is 24.8 Å². The summed E-state index contributed by atoms with van der Waals surface area (Å²) in [6.07, 6.45) is 10.0. The Kier molecular flexibility index (Phi) is 7.99. The van der Waals surface area contributed by atoms with Gasteiger partial charge in [-0.1, -0.05) is 0 Å². The number of likely N-dealkylation sites (N-methyl/N-ethyl adjacent to an activating group) is 1. The third-order valence-electron chi connectivity index (χ3n) is 7.68. The molecule has 2 N–H and O–H groups in total. The van der Waals surface area contributed by atoms with E-state index in [1.165, 1.54) is 19.5 Å². The van der Waals surface area contributed by atoms with Crippen LogP contribution in [0.5, 0.6) is 23.0 Å². The monoisotopic (exact) mass is 597 g/mol. The number of nitrogens with one attached hydrogen (secondary N) is 2. The van der Waals surface area contributed by atoms with Crippen molar-refractivity contribution in [2.75, 3.05) is 38.4 Å². The molecule has 0 radical (unpaired) electrons. The molecule has 5 aromatic rings. The number of carbonyl (C=O) groups excluding carboxylic acids is 1. The molecule has 12 heteroatoms. The molecule has 0 unspecified atom stereocenters. The number of aryl methyl sites for hydroxylation is 1. The second kappa shape index (κ2) is 12.2. The summed E-state index contributed by atoms with van der Waals surface area (Å²) in [5, 5.41) is 6.55. The number of pyridine rings is 1. The Hall–Kier alpha value is -5.23. The molecule has 1 atom stereocenters. The topological polar surface area (TPSA) is 115 Å². The van der Waals surface area contributed by atoms with E-state index < -0.39 is 11.7 Å². The highest BCUT2D eigenvalue weighted by molar-refractivity contribution is 6.05. The first-order valence-corrected chi connectivity index (χ1v) is 14.1. The van der Waals surface area contributed by atoms with Crippen molar-refractivity contribution in [3.05, 3.63) is 78.8 Å². The molecule has 6 rings (SSSR count). The largest absolute Gasteiger partial charge is 0.494 e. The van der Waals surface area contributed by atoms with Gasteiger partial charge in [0, 0.05) is 48.2 Å². The number of nitrogens with zero attached hydrogens (tertiary/aromatic N) is 5. The summed E-state index contributed by atoms with van der Waals surface area (Å²) in [5.74, 6) is 0.865. The summed E-state index contributed by atoms with van der Waals surface area (Å²) in [6.45, 7) is 2.79. The predicted molar refractivity (Wildman–Crippen MR) is 166 cm³/mol. The maximum Gasteiger partial charge on any atom is 0.284 e. The number of halogens is 1. The average Bonchev–Trinajstić information content (AvgIpc) is 3.66. The van der Waals surface area contributed by atoms with Gasteiger partial charge in [0.1, 0.15) is 40.8 Å². The summed E-state index contributed by atoms with van der Waals surface area (Å²) in [5.41, 5.74) is 3.10. The van der Waals surface area contributed by atoms with Gasteiger partial charge in [0.05, 0.1) is 31.1 Å². The number of methoxy groups -OCH3 is 2. The van der Waals surface area contributed by atoms with Crippen molar-refractivity contribution in [1.82, 2.24) is 24.3 Å². The number of benzene rings is 2. The lowest BCUT2D eigenvalue weighted by atomic mass is 10.1. The van der Waals surface area contributed by atoms with Crippen molar-refractivity contribution in [2.24, 2.45) is 0 Å². The smallest absolute Gasteiger partial charge is 0.284 e. The number of anilines is 3. The van der Waals surface area contributed by atoms with Crippen LogP contribution in [0.3, 0.4) is 0 Å². The number of amides is 1. The van der Waals surface area contributed by atoms with Crippen molar-refractivity contribution in [3.63, 3.8) is 0 Å². The SMILES string of the molecule is COc1cc2ncnc(Nc3cc(C)c(Oc4ccn5ccnc5c4)cc3OC)c2cc1NC(=O)/C(F)=C\[C@H]1CCCN1C. The normalized spacial score (nSPS) is 15.5. The number of imidazole rings is 1. The zero-order valence-electron chi connectivity index (χ0n) is 24.8. The van der Waals surface area contributed by atoms with Gasteiger partial charge < -0.3 is 29.2 Å². The quantitative estimate of drug-likeness (QED) is 0.197. The number of hydrogen-bond acceptors (Lipinski definition) is 9. The van der Waals surface area contributed by atoms with Gasteiger partial charge in [-0.3, -0.25) is 9.69 Å². The molecule has 0 spiro atoms. The van der Waals surface area contributed by atoms with E-state index in [9.17, 15) is 9.18 Å². The van der Waals surface area contributed by atoms with E-state index in [0.29, 0.717) is 45.4 Å². The van der Waals surface area contributed by atoms with E-state index in [-0.39, 0.29) is 11.7 Å². The summed E-state index contributed by atoms with van der Waals surface area (Å²) in [6, 6.07) is 10.6. The summed E-state index contributed by atoms with van der Waals surface area (Å²) in [4.78, 5) is 28.0. The summed E-state index contributed by atoms with van der Waals surface area (Å²) < 4.78 is 34.1. The Balaban J connectivity index is 1.28. The Morgan fingerprint density at radius 1 is 1.02 bits per heavy atom. The number of carbonyl (C=O) groups is 1. The Bertz CT molecular complexity index is 1890. The van der Waals surface area contributed by atoms with Crippen LogP contribution in [-0.2, 0) is 4.79 Å². The van der Waals surface area contributed by atoms with Gasteiger partial charge in [-0.15, -0.1) is 0 Å². The third-order valence-corrected chi connectivity index (χ3v) is 7.68. The van der Waals surface area contributed by atoms with E-state index >= 15 is 0 Å². The van der Waals surface area contributed by atoms with E-state index in [1.807, 2.05) is 53.9 Å². The number of rotatable bonds is 9. The molecule has 0 saturated carbocycles. The number of fused-ring (bicyclic) bond motifs is 2. The first-order valence-electron chi connectivity index (χ1n) is 14.1. The van der Waals surface area contributed by atoms with Crippen LogP contribution in [0.25, 0.3) is 16.6 Å². The van der Waals surface area contributed by atoms with Crippen molar-refractivity contribution >= 4 is 39.6 Å². The van der Waals surface area contributed by atoms with Gasteiger partial charge in [-0.2, -0.15) is 0 Å². The van der Waals surface area contributed by atoms with Gasteiger partial charge >= 0.3 is 0 Å². The maximum atomic E-state index is 14.9. The molecule has 1 amide bonds. The molecule has 1 aliphatic rings. The van der Waals surface area contributed by atoms with Crippen molar-refractivity contribution < 1.29 is 23.4 Å². The Morgan fingerprint density at radius 3 is 2.61 bits per heavy atom. The minimum absolute atomic E-state index is 0.112. The lowest BCUT2D eigenvalue weighted by Gasteiger charge is -2.17. The average molecular weight is 598 g/mol. The Labute approximate surface area is 253 Å². The van der Waals surface area contributed by atoms with Crippen molar-refractivity contribution in [3.8, 4) is 23.0 Å². The van der Waals surface area contributed by atoms with E-state index in [2.05, 4.69) is 25.6 Å². The van der Waals surface area contributed by atoms with Crippen LogP contribution in [0.2, 0.25) is 0 Å². The molecule has 44 heavy (non-hydrogen) atoms. The van der Waals surface area contributed by atoms with Gasteiger partial charge in [0.25, 0.3) is 5.91 Å². The van der Waals surface area contributed by atoms with Crippen molar-refractivity contribution in [1.29, 1.82) is 0 Å². The lowest BCUT2D eigenvalue weighted by Crippen LogP contribution is -2.24. The summed E-state index contributed by atoms with van der Waals surface area (Å²) in [7, 11) is 4.96. The van der Waals surface area contributed by atoms with Crippen LogP contribution in [-0.4, -0.2) is 64.0 Å². The molecule has 1 saturated heterocycles. The van der Waals surface area contributed by atoms with Gasteiger partial charge in [-0.25, -0.2) is 19.3 Å². The van der Waals surface area contributed by atoms with Crippen LogP contribution in [0.4, 0.5) is 21.6 Å². The second-order valence-corrected chi connectivity index (χ2v) is 10.6. The van der Waals surface area contributed by atoms with Gasteiger partial charge in [0.2, 0.25) is 0 Å². The van der Waals surface area contributed by atoms with Crippen LogP contribution in [0.1, 0.15) is 18.4 Å². The van der Waals surface area contributed by atoms with Crippen LogP contribution >= 0.6 is 0 Å². The fourth-order valence-electron chi connectivity index (χ4n) is 5.28. The van der Waals surface area contributed by atoms with Crippen LogP contribution in [0, 0.1) is 6.92 Å². The highest BCUT2D eigenvalue weighted by Crippen LogP contribution is 2.39. The fraction of sp³-hybridized carbons (Fsp3) is 0.250. The number of likely N-dealkylation sites (tertiary alicyclic amines) is 1. The zero-order chi connectivity index (χ0) is 30.8. The third kappa shape index (κ3) is 5.84. The van der Waals surface area contributed by atoms with E-state index in [4.69, 9.17) is 14.2 Å². The molecule has 11 nitrogen and oxygen atoms in total. The molecule has 0 bridgehead atoms. The highest BCUT2D eigenvalue weighted by Gasteiger charge is 2.22. The van der Waals surface area contributed by atoms with Gasteiger partial charge in [0.15, 0.2) is 5.83 Å². The molecule has 4 heterocycles. The Morgan fingerprint density at radius 2 is 1.84 bits per heavy atom. The predicted octanol–water partition coefficient (Wildman–Crippen LogP) is 6.03. The second-order valence-electron chi connectivity index (χ2n) is 10.6. The number of hydrogen-bond donors (Lipinski definition) is 2. The molecule has 1 fully saturated rings. The molecule has 1 aliphatic heterocycles. The van der Waals surface area contributed by atoms with Gasteiger partial charge in [-0.05, 0) is 63.2 Å². The molecule has 226 valence electrons. The molecular formula is C32H32FN7O4. The highest BCUT2D eigenvalue weighted by atomic mass is 19.1. The van der Waals surface area contributed by atoms with Crippen molar-refractivity contribution in [2.45, 2.75) is 25.8 Å². The van der Waals surface area contributed by atoms with Crippen LogP contribution in [0.15, 0.2) is 73.2 Å². The maximum absolute atomic E-state index is 14.9. The summed E-state index contributed by atoms with van der Waals surface area (Å²) >= 11 is 0. The minimum Gasteiger partial charge on any atom is -0.494 e. The molecular weight excluding hydrogens is 565 g/mol. The fourth-order valence-corrected chi connectivity index (χ4v) is 5.28. The lowest BCUT2D eigenvalue weighted by molar-refractivity contribution is -0.114.